The van der Waals surface area contributed by atoms with Gasteiger partial charge in [-0.15, -0.1) is 0 Å². The van der Waals surface area contributed by atoms with Crippen molar-refractivity contribution in [3.63, 3.8) is 0 Å². The molecule has 0 unspecified atom stereocenters. The zero-order valence-corrected chi connectivity index (χ0v) is 13.1. The molecule has 0 saturated carbocycles. The molecule has 0 atom stereocenters. The fourth-order valence-corrected chi connectivity index (χ4v) is 2.12. The highest BCUT2D eigenvalue weighted by atomic mass is 35.5. The molecule has 0 heterocycles. The Bertz CT molecular complexity index is 435. The van der Waals surface area contributed by atoms with Crippen LogP contribution in [0.15, 0.2) is 18.2 Å². The van der Waals surface area contributed by atoms with Crippen LogP contribution in [0.1, 0.15) is 25.8 Å². The van der Waals surface area contributed by atoms with E-state index in [1.165, 1.54) is 0 Å². The van der Waals surface area contributed by atoms with E-state index in [2.05, 4.69) is 19.2 Å². The van der Waals surface area contributed by atoms with E-state index in [1.807, 2.05) is 6.07 Å². The number of benzene rings is 1. The van der Waals surface area contributed by atoms with E-state index in [1.54, 1.807) is 24.1 Å². The summed E-state index contributed by atoms with van der Waals surface area (Å²) in [6.07, 6.45) is 0.486. The number of amides is 1. The number of nitrogens with one attached hydrogen (secondary N) is 1. The molecule has 5 heteroatoms. The molecule has 1 rings (SSSR count). The molecule has 0 saturated heterocycles. The lowest BCUT2D eigenvalue weighted by atomic mass is 10.2. The highest BCUT2D eigenvalue weighted by molar-refractivity contribution is 6.35. The maximum Gasteiger partial charge on any atom is 0.223 e. The first-order valence-corrected chi connectivity index (χ1v) is 7.07. The van der Waals surface area contributed by atoms with E-state index in [4.69, 9.17) is 23.2 Å². The first kappa shape index (κ1) is 16.3. The summed E-state index contributed by atoms with van der Waals surface area (Å²) in [4.78, 5) is 13.6. The molecule has 0 aliphatic rings. The molecule has 1 aromatic rings. The number of carbonyl (C=O) groups is 1. The minimum absolute atomic E-state index is 0.0965. The van der Waals surface area contributed by atoms with Gasteiger partial charge in [-0.3, -0.25) is 4.79 Å². The average Bonchev–Trinajstić information content (AvgIpc) is 2.32. The topological polar surface area (TPSA) is 32.3 Å². The minimum Gasteiger partial charge on any atom is -0.341 e. The van der Waals surface area contributed by atoms with E-state index in [9.17, 15) is 4.79 Å². The van der Waals surface area contributed by atoms with Gasteiger partial charge in [0.1, 0.15) is 0 Å². The van der Waals surface area contributed by atoms with Gasteiger partial charge in [0.25, 0.3) is 0 Å². The highest BCUT2D eigenvalue weighted by Crippen LogP contribution is 2.22. The van der Waals surface area contributed by atoms with Crippen LogP contribution in [-0.4, -0.2) is 30.4 Å². The summed E-state index contributed by atoms with van der Waals surface area (Å²) in [6, 6.07) is 5.71. The van der Waals surface area contributed by atoms with Gasteiger partial charge < -0.3 is 10.2 Å². The molecule has 1 amide bonds. The van der Waals surface area contributed by atoms with Crippen molar-refractivity contribution in [1.29, 1.82) is 0 Å². The number of halogens is 2. The predicted molar refractivity (Wildman–Crippen MR) is 80.7 cm³/mol. The maximum atomic E-state index is 11.9. The zero-order chi connectivity index (χ0) is 14.4. The van der Waals surface area contributed by atoms with E-state index in [-0.39, 0.29) is 5.91 Å². The van der Waals surface area contributed by atoms with E-state index in [0.717, 1.165) is 5.56 Å². The maximum absolute atomic E-state index is 11.9. The van der Waals surface area contributed by atoms with Crippen molar-refractivity contribution in [3.05, 3.63) is 33.8 Å². The van der Waals surface area contributed by atoms with Gasteiger partial charge in [-0.25, -0.2) is 0 Å². The largest absolute Gasteiger partial charge is 0.341 e. The van der Waals surface area contributed by atoms with Crippen LogP contribution < -0.4 is 5.32 Å². The third-order valence-corrected chi connectivity index (χ3v) is 3.33. The first-order chi connectivity index (χ1) is 8.90. The summed E-state index contributed by atoms with van der Waals surface area (Å²) in [5.41, 5.74) is 0.902. The van der Waals surface area contributed by atoms with Gasteiger partial charge in [0.15, 0.2) is 0 Å². The van der Waals surface area contributed by atoms with Gasteiger partial charge >= 0.3 is 0 Å². The van der Waals surface area contributed by atoms with Gasteiger partial charge in [0, 0.05) is 42.6 Å². The monoisotopic (exact) mass is 302 g/mol. The Hall–Kier alpha value is -0.770. The zero-order valence-electron chi connectivity index (χ0n) is 11.5. The molecule has 0 spiro atoms. The number of hydrogen-bond donors (Lipinski definition) is 1. The molecule has 1 N–H and O–H groups in total. The fourth-order valence-electron chi connectivity index (χ4n) is 1.65. The lowest BCUT2D eigenvalue weighted by Gasteiger charge is -2.18. The number of nitrogens with zero attached hydrogens (tertiary/aromatic N) is 1. The van der Waals surface area contributed by atoms with Crippen LogP contribution in [0, 0.1) is 0 Å². The number of hydrogen-bond acceptors (Lipinski definition) is 2. The number of rotatable bonds is 6. The summed E-state index contributed by atoms with van der Waals surface area (Å²) in [5, 5.41) is 4.41. The normalized spacial score (nSPS) is 10.8. The lowest BCUT2D eigenvalue weighted by molar-refractivity contribution is -0.130. The second kappa shape index (κ2) is 7.73. The van der Waals surface area contributed by atoms with E-state index < -0.39 is 0 Å². The van der Waals surface area contributed by atoms with Crippen molar-refractivity contribution in [2.24, 2.45) is 0 Å². The summed E-state index contributed by atoms with van der Waals surface area (Å²) in [7, 11) is 1.78. The van der Waals surface area contributed by atoms with Crippen molar-refractivity contribution in [2.75, 3.05) is 13.6 Å². The molecule has 0 aliphatic carbocycles. The number of carbonyl (C=O) groups excluding carboxylic acids is 1. The van der Waals surface area contributed by atoms with Crippen LogP contribution in [0.3, 0.4) is 0 Å². The standard InChI is InChI=1S/C14H20Cl2N2O/c1-10(2)17-7-6-14(19)18(3)9-11-4-5-12(15)8-13(11)16/h4-5,8,10,17H,6-7,9H2,1-3H3. The highest BCUT2D eigenvalue weighted by Gasteiger charge is 2.11. The smallest absolute Gasteiger partial charge is 0.223 e. The summed E-state index contributed by atoms with van der Waals surface area (Å²) in [5.74, 6) is 0.0965. The fraction of sp³-hybridized carbons (Fsp3) is 0.500. The Kier molecular flexibility index (Phi) is 6.63. The first-order valence-electron chi connectivity index (χ1n) is 6.31. The molecular formula is C14H20Cl2N2O. The molecule has 0 aromatic heterocycles. The predicted octanol–water partition coefficient (Wildman–Crippen LogP) is 3.34. The van der Waals surface area contributed by atoms with E-state index >= 15 is 0 Å². The molecule has 0 aliphatic heterocycles. The van der Waals surface area contributed by atoms with Crippen LogP contribution in [0.5, 0.6) is 0 Å². The Balaban J connectivity index is 2.49. The van der Waals surface area contributed by atoms with Gasteiger partial charge in [-0.05, 0) is 17.7 Å². The minimum atomic E-state index is 0.0965. The summed E-state index contributed by atoms with van der Waals surface area (Å²) < 4.78 is 0. The summed E-state index contributed by atoms with van der Waals surface area (Å²) >= 11 is 11.9. The van der Waals surface area contributed by atoms with Crippen molar-refractivity contribution >= 4 is 29.1 Å². The van der Waals surface area contributed by atoms with Crippen LogP contribution >= 0.6 is 23.2 Å². The lowest BCUT2D eigenvalue weighted by Crippen LogP contribution is -2.31. The Morgan fingerprint density at radius 2 is 2.05 bits per heavy atom. The molecule has 106 valence electrons. The quantitative estimate of drug-likeness (QED) is 0.874. The van der Waals surface area contributed by atoms with Crippen LogP contribution in [0.2, 0.25) is 10.0 Å². The molecular weight excluding hydrogens is 283 g/mol. The second-order valence-corrected chi connectivity index (χ2v) is 5.69. The Labute approximate surface area is 124 Å². The molecule has 19 heavy (non-hydrogen) atoms. The molecule has 1 aromatic carbocycles. The molecule has 3 nitrogen and oxygen atoms in total. The second-order valence-electron chi connectivity index (χ2n) is 4.84. The third-order valence-electron chi connectivity index (χ3n) is 2.74. The van der Waals surface area contributed by atoms with Gasteiger partial charge in [0.2, 0.25) is 5.91 Å². The Morgan fingerprint density at radius 3 is 2.63 bits per heavy atom. The SMILES string of the molecule is CC(C)NCCC(=O)N(C)Cc1ccc(Cl)cc1Cl. The molecule has 0 radical (unpaired) electrons. The molecule has 0 fully saturated rings. The Morgan fingerprint density at radius 1 is 1.37 bits per heavy atom. The van der Waals surface area contributed by atoms with E-state index in [0.29, 0.717) is 35.6 Å². The van der Waals surface area contributed by atoms with Crippen LogP contribution in [-0.2, 0) is 11.3 Å². The van der Waals surface area contributed by atoms with Crippen molar-refractivity contribution in [3.8, 4) is 0 Å². The average molecular weight is 303 g/mol. The van der Waals surface area contributed by atoms with Gasteiger partial charge in [-0.2, -0.15) is 0 Å². The van der Waals surface area contributed by atoms with Crippen molar-refractivity contribution < 1.29 is 4.79 Å². The third kappa shape index (κ3) is 5.81. The van der Waals surface area contributed by atoms with Crippen LogP contribution in [0.25, 0.3) is 0 Å². The van der Waals surface area contributed by atoms with Crippen LogP contribution in [0.4, 0.5) is 0 Å². The van der Waals surface area contributed by atoms with Crippen molar-refractivity contribution in [2.45, 2.75) is 32.9 Å². The van der Waals surface area contributed by atoms with Gasteiger partial charge in [-0.1, -0.05) is 43.1 Å². The summed E-state index contributed by atoms with van der Waals surface area (Å²) in [6.45, 7) is 5.30. The molecule has 0 bridgehead atoms. The van der Waals surface area contributed by atoms with Gasteiger partial charge in [0.05, 0.1) is 0 Å². The van der Waals surface area contributed by atoms with Crippen molar-refractivity contribution in [1.82, 2.24) is 10.2 Å².